The van der Waals surface area contributed by atoms with Crippen molar-refractivity contribution in [1.29, 1.82) is 0 Å². The average Bonchev–Trinajstić information content (AvgIpc) is 2.88. The zero-order valence-electron chi connectivity index (χ0n) is 10.6. The second-order valence-electron chi connectivity index (χ2n) is 4.07. The quantitative estimate of drug-likeness (QED) is 0.887. The first-order chi connectivity index (χ1) is 9.49. The van der Waals surface area contributed by atoms with E-state index < -0.39 is 16.8 Å². The van der Waals surface area contributed by atoms with Crippen LogP contribution in [0.25, 0.3) is 0 Å². The summed E-state index contributed by atoms with van der Waals surface area (Å²) in [5.74, 6) is -1.11. The van der Waals surface area contributed by atoms with Crippen LogP contribution in [0.1, 0.15) is 15.9 Å². The monoisotopic (exact) mass is 313 g/mol. The number of benzene rings is 1. The Hall–Kier alpha value is -1.79. The Morgan fingerprint density at radius 2 is 2.25 bits per heavy atom. The lowest BCUT2D eigenvalue weighted by atomic mass is 10.1. The molecule has 1 atom stereocenters. The first-order valence-electron chi connectivity index (χ1n) is 5.64. The van der Waals surface area contributed by atoms with Crippen LogP contribution in [0.4, 0.5) is 5.69 Å². The molecule has 0 aliphatic carbocycles. The molecule has 1 heterocycles. The van der Waals surface area contributed by atoms with Crippen LogP contribution < -0.4 is 5.32 Å². The van der Waals surface area contributed by atoms with Crippen molar-refractivity contribution in [3.8, 4) is 0 Å². The number of aromatic carboxylic acids is 1. The maximum absolute atomic E-state index is 11.5. The summed E-state index contributed by atoms with van der Waals surface area (Å²) in [6.45, 7) is 0.404. The molecule has 0 amide bonds. The standard InChI is InChI=1S/C13H12ClNO4S/c1-20(18)12-4-9(13(16)17)11(5-10(12)14)15-6-8-2-3-19-7-8/h2-5,7,15H,6H2,1H3,(H,16,17). The molecule has 0 bridgehead atoms. The van der Waals surface area contributed by atoms with Crippen LogP contribution in [-0.4, -0.2) is 21.5 Å². The Balaban J connectivity index is 2.33. The van der Waals surface area contributed by atoms with E-state index in [2.05, 4.69) is 5.32 Å². The molecule has 0 aliphatic rings. The fourth-order valence-electron chi connectivity index (χ4n) is 1.69. The molecule has 2 N–H and O–H groups in total. The maximum Gasteiger partial charge on any atom is 0.337 e. The summed E-state index contributed by atoms with van der Waals surface area (Å²) in [5.41, 5.74) is 1.28. The predicted octanol–water partition coefficient (Wildman–Crippen LogP) is 2.98. The molecule has 0 fully saturated rings. The van der Waals surface area contributed by atoms with Crippen molar-refractivity contribution in [2.75, 3.05) is 11.6 Å². The lowest BCUT2D eigenvalue weighted by Crippen LogP contribution is -2.07. The largest absolute Gasteiger partial charge is 0.478 e. The molecule has 106 valence electrons. The Morgan fingerprint density at radius 1 is 1.50 bits per heavy atom. The van der Waals surface area contributed by atoms with Crippen molar-refractivity contribution in [2.24, 2.45) is 0 Å². The summed E-state index contributed by atoms with van der Waals surface area (Å²) in [6.07, 6.45) is 4.54. The van der Waals surface area contributed by atoms with Crippen molar-refractivity contribution < 1.29 is 18.5 Å². The van der Waals surface area contributed by atoms with E-state index in [-0.39, 0.29) is 10.6 Å². The highest BCUT2D eigenvalue weighted by Crippen LogP contribution is 2.28. The number of anilines is 1. The minimum absolute atomic E-state index is 0.0306. The van der Waals surface area contributed by atoms with Gasteiger partial charge in [-0.15, -0.1) is 0 Å². The van der Waals surface area contributed by atoms with Crippen LogP contribution in [0, 0.1) is 0 Å². The summed E-state index contributed by atoms with van der Waals surface area (Å²) in [5, 5.41) is 12.5. The van der Waals surface area contributed by atoms with Gasteiger partial charge in [-0.25, -0.2) is 4.79 Å². The van der Waals surface area contributed by atoms with E-state index in [1.807, 2.05) is 0 Å². The van der Waals surface area contributed by atoms with Crippen LogP contribution in [0.5, 0.6) is 0 Å². The molecule has 2 aromatic rings. The van der Waals surface area contributed by atoms with Gasteiger partial charge in [0.15, 0.2) is 0 Å². The van der Waals surface area contributed by atoms with Gasteiger partial charge in [0.05, 0.1) is 44.5 Å². The van der Waals surface area contributed by atoms with Gasteiger partial charge < -0.3 is 14.8 Å². The van der Waals surface area contributed by atoms with Crippen LogP contribution in [-0.2, 0) is 17.3 Å². The third-order valence-corrected chi connectivity index (χ3v) is 4.06. The topological polar surface area (TPSA) is 79.5 Å². The predicted molar refractivity (Wildman–Crippen MR) is 76.8 cm³/mol. The first-order valence-corrected chi connectivity index (χ1v) is 7.58. The Morgan fingerprint density at radius 3 is 2.80 bits per heavy atom. The van der Waals surface area contributed by atoms with Gasteiger partial charge in [-0.1, -0.05) is 11.6 Å². The van der Waals surface area contributed by atoms with Crippen LogP contribution >= 0.6 is 11.6 Å². The molecule has 0 saturated carbocycles. The SMILES string of the molecule is CS(=O)c1cc(C(=O)O)c(NCc2ccoc2)cc1Cl. The Labute approximate surface area is 123 Å². The highest BCUT2D eigenvalue weighted by molar-refractivity contribution is 7.84. The zero-order chi connectivity index (χ0) is 14.7. The second-order valence-corrected chi connectivity index (χ2v) is 5.83. The summed E-state index contributed by atoms with van der Waals surface area (Å²) in [4.78, 5) is 11.6. The van der Waals surface area contributed by atoms with E-state index in [1.165, 1.54) is 24.7 Å². The number of carboxylic acid groups (broad SMARTS) is 1. The highest BCUT2D eigenvalue weighted by atomic mass is 35.5. The third kappa shape index (κ3) is 3.20. The van der Waals surface area contributed by atoms with Crippen molar-refractivity contribution in [1.82, 2.24) is 0 Å². The van der Waals surface area contributed by atoms with E-state index in [1.54, 1.807) is 12.3 Å². The summed E-state index contributed by atoms with van der Waals surface area (Å²) < 4.78 is 16.4. The highest BCUT2D eigenvalue weighted by Gasteiger charge is 2.16. The van der Waals surface area contributed by atoms with Crippen molar-refractivity contribution in [3.63, 3.8) is 0 Å². The minimum Gasteiger partial charge on any atom is -0.478 e. The van der Waals surface area contributed by atoms with Gasteiger partial charge in [0.2, 0.25) is 0 Å². The Bertz CT molecular complexity index is 655. The van der Waals surface area contributed by atoms with Crippen LogP contribution in [0.2, 0.25) is 5.02 Å². The number of nitrogens with one attached hydrogen (secondary N) is 1. The summed E-state index contributed by atoms with van der Waals surface area (Å²) in [7, 11) is -1.35. The van der Waals surface area contributed by atoms with Gasteiger partial charge in [-0.2, -0.15) is 0 Å². The van der Waals surface area contributed by atoms with Crippen molar-refractivity contribution in [2.45, 2.75) is 11.4 Å². The molecule has 1 aromatic carbocycles. The molecule has 7 heteroatoms. The number of rotatable bonds is 5. The molecule has 0 aliphatic heterocycles. The second kappa shape index (κ2) is 6.11. The average molecular weight is 314 g/mol. The zero-order valence-corrected chi connectivity index (χ0v) is 12.1. The summed E-state index contributed by atoms with van der Waals surface area (Å²) in [6, 6.07) is 4.57. The molecular formula is C13H12ClNO4S. The maximum atomic E-state index is 11.5. The number of furan rings is 1. The molecule has 5 nitrogen and oxygen atoms in total. The van der Waals surface area contributed by atoms with Gasteiger partial charge in [0, 0.05) is 18.4 Å². The van der Waals surface area contributed by atoms with Gasteiger partial charge in [-0.05, 0) is 18.2 Å². The van der Waals surface area contributed by atoms with E-state index >= 15 is 0 Å². The van der Waals surface area contributed by atoms with E-state index in [4.69, 9.17) is 16.0 Å². The number of halogens is 1. The van der Waals surface area contributed by atoms with Crippen LogP contribution in [0.3, 0.4) is 0 Å². The van der Waals surface area contributed by atoms with Gasteiger partial charge in [0.25, 0.3) is 0 Å². The molecule has 1 aromatic heterocycles. The van der Waals surface area contributed by atoms with Crippen molar-refractivity contribution >= 4 is 34.1 Å². The lowest BCUT2D eigenvalue weighted by Gasteiger charge is -2.11. The van der Waals surface area contributed by atoms with E-state index in [0.29, 0.717) is 17.1 Å². The van der Waals surface area contributed by atoms with Crippen molar-refractivity contribution in [3.05, 3.63) is 46.9 Å². The number of hydrogen-bond donors (Lipinski definition) is 2. The smallest absolute Gasteiger partial charge is 0.337 e. The molecule has 2 rings (SSSR count). The third-order valence-electron chi connectivity index (χ3n) is 2.68. The molecule has 0 radical (unpaired) electrons. The molecule has 0 saturated heterocycles. The minimum atomic E-state index is -1.35. The molecule has 0 spiro atoms. The van der Waals surface area contributed by atoms with Gasteiger partial charge in [0.1, 0.15) is 0 Å². The van der Waals surface area contributed by atoms with Crippen LogP contribution in [0.15, 0.2) is 40.0 Å². The molecule has 20 heavy (non-hydrogen) atoms. The van der Waals surface area contributed by atoms with Gasteiger partial charge in [-0.3, -0.25) is 4.21 Å². The normalized spacial score (nSPS) is 12.1. The number of carboxylic acids is 1. The van der Waals surface area contributed by atoms with Gasteiger partial charge >= 0.3 is 5.97 Å². The fraction of sp³-hybridized carbons (Fsp3) is 0.154. The molecular weight excluding hydrogens is 302 g/mol. The fourth-order valence-corrected chi connectivity index (χ4v) is 2.79. The van der Waals surface area contributed by atoms with E-state index in [9.17, 15) is 14.1 Å². The number of carbonyl (C=O) groups is 1. The Kier molecular flexibility index (Phi) is 4.46. The lowest BCUT2D eigenvalue weighted by molar-refractivity contribution is 0.0697. The summed E-state index contributed by atoms with van der Waals surface area (Å²) >= 11 is 6.02. The van der Waals surface area contributed by atoms with E-state index in [0.717, 1.165) is 5.56 Å². The first kappa shape index (κ1) is 14.6. The molecule has 1 unspecified atom stereocenters. The number of hydrogen-bond acceptors (Lipinski definition) is 4.